The van der Waals surface area contributed by atoms with Gasteiger partial charge in [0, 0.05) is 25.0 Å². The van der Waals surface area contributed by atoms with Crippen molar-refractivity contribution in [3.8, 4) is 5.75 Å². The molecule has 2 aromatic rings. The van der Waals surface area contributed by atoms with Gasteiger partial charge in [0.25, 0.3) is 5.91 Å². The third kappa shape index (κ3) is 4.95. The lowest BCUT2D eigenvalue weighted by Gasteiger charge is -2.32. The van der Waals surface area contributed by atoms with Crippen LogP contribution in [0.2, 0.25) is 5.02 Å². The number of nitrogens with zero attached hydrogens (tertiary/aromatic N) is 2. The van der Waals surface area contributed by atoms with E-state index >= 15 is 0 Å². The Bertz CT molecular complexity index is 701. The molecule has 1 heterocycles. The van der Waals surface area contributed by atoms with E-state index in [4.69, 9.17) is 16.3 Å². The standard InChI is InChI=1S/C20H25ClN2O2/c1-14(2)18(12-11-16-10-9-15(21)13-22-16)23(3)20(24)17-7-5-6-8-19(17)25-4/h5-10,13-14,18H,11-12H2,1-4H3/t18-/m1/s1. The van der Waals surface area contributed by atoms with Crippen molar-refractivity contribution in [2.24, 2.45) is 5.92 Å². The van der Waals surface area contributed by atoms with Crippen LogP contribution in [0.25, 0.3) is 0 Å². The molecule has 1 atom stereocenters. The number of aromatic nitrogens is 1. The molecule has 134 valence electrons. The number of para-hydroxylation sites is 1. The molecule has 5 heteroatoms. The van der Waals surface area contributed by atoms with Gasteiger partial charge < -0.3 is 9.64 Å². The van der Waals surface area contributed by atoms with E-state index in [1.54, 1.807) is 19.4 Å². The first-order valence-corrected chi connectivity index (χ1v) is 8.82. The van der Waals surface area contributed by atoms with Crippen molar-refractivity contribution in [1.82, 2.24) is 9.88 Å². The van der Waals surface area contributed by atoms with Gasteiger partial charge in [0.1, 0.15) is 5.75 Å². The van der Waals surface area contributed by atoms with Gasteiger partial charge in [0.05, 0.1) is 17.7 Å². The van der Waals surface area contributed by atoms with Gasteiger partial charge in [-0.05, 0) is 43.0 Å². The zero-order valence-electron chi connectivity index (χ0n) is 15.2. The number of hydrogen-bond donors (Lipinski definition) is 0. The van der Waals surface area contributed by atoms with Gasteiger partial charge in [-0.1, -0.05) is 37.6 Å². The van der Waals surface area contributed by atoms with Gasteiger partial charge in [-0.25, -0.2) is 0 Å². The number of ether oxygens (including phenoxy) is 1. The predicted molar refractivity (Wildman–Crippen MR) is 101 cm³/mol. The van der Waals surface area contributed by atoms with Crippen molar-refractivity contribution >= 4 is 17.5 Å². The molecular formula is C20H25ClN2O2. The Hall–Kier alpha value is -2.07. The van der Waals surface area contributed by atoms with Crippen LogP contribution in [-0.4, -0.2) is 36.0 Å². The fraction of sp³-hybridized carbons (Fsp3) is 0.400. The Kier molecular flexibility index (Phi) is 6.82. The van der Waals surface area contributed by atoms with Gasteiger partial charge in [0.15, 0.2) is 0 Å². The normalized spacial score (nSPS) is 12.1. The number of benzene rings is 1. The Morgan fingerprint density at radius 2 is 1.96 bits per heavy atom. The number of hydrogen-bond acceptors (Lipinski definition) is 3. The summed E-state index contributed by atoms with van der Waals surface area (Å²) in [6.07, 6.45) is 3.29. The van der Waals surface area contributed by atoms with Gasteiger partial charge in [0.2, 0.25) is 0 Å². The monoisotopic (exact) mass is 360 g/mol. The maximum atomic E-state index is 12.9. The van der Waals surface area contributed by atoms with Crippen LogP contribution < -0.4 is 4.74 Å². The van der Waals surface area contributed by atoms with E-state index in [9.17, 15) is 4.79 Å². The molecule has 0 saturated carbocycles. The number of rotatable bonds is 7. The Labute approximate surface area is 154 Å². The number of pyridine rings is 1. The average Bonchev–Trinajstić information content (AvgIpc) is 2.62. The molecule has 0 N–H and O–H groups in total. The number of halogens is 1. The summed E-state index contributed by atoms with van der Waals surface area (Å²) < 4.78 is 5.33. The SMILES string of the molecule is COc1ccccc1C(=O)N(C)[C@H](CCc1ccc(Cl)cn1)C(C)C. The topological polar surface area (TPSA) is 42.4 Å². The minimum Gasteiger partial charge on any atom is -0.496 e. The van der Waals surface area contributed by atoms with Crippen molar-refractivity contribution in [2.45, 2.75) is 32.7 Å². The van der Waals surface area contributed by atoms with Gasteiger partial charge >= 0.3 is 0 Å². The van der Waals surface area contributed by atoms with Crippen LogP contribution in [0, 0.1) is 5.92 Å². The molecule has 0 aliphatic rings. The van der Waals surface area contributed by atoms with Gasteiger partial charge in [-0.3, -0.25) is 9.78 Å². The Morgan fingerprint density at radius 1 is 1.24 bits per heavy atom. The number of carbonyl (C=O) groups excluding carboxylic acids is 1. The minimum absolute atomic E-state index is 0.0276. The third-order valence-electron chi connectivity index (χ3n) is 4.41. The van der Waals surface area contributed by atoms with Crippen molar-refractivity contribution in [3.63, 3.8) is 0 Å². The maximum Gasteiger partial charge on any atom is 0.257 e. The molecule has 0 aliphatic heterocycles. The zero-order chi connectivity index (χ0) is 18.4. The molecule has 2 rings (SSSR count). The summed E-state index contributed by atoms with van der Waals surface area (Å²) in [6, 6.07) is 11.2. The second-order valence-electron chi connectivity index (χ2n) is 6.43. The number of amides is 1. The first-order chi connectivity index (χ1) is 11.9. The second-order valence-corrected chi connectivity index (χ2v) is 6.87. The summed E-state index contributed by atoms with van der Waals surface area (Å²) in [5.74, 6) is 0.900. The molecule has 1 aromatic heterocycles. The summed E-state index contributed by atoms with van der Waals surface area (Å²) >= 11 is 5.89. The third-order valence-corrected chi connectivity index (χ3v) is 4.63. The molecule has 4 nitrogen and oxygen atoms in total. The van der Waals surface area contributed by atoms with E-state index in [1.165, 1.54) is 0 Å². The molecule has 0 unspecified atom stereocenters. The van der Waals surface area contributed by atoms with E-state index in [0.29, 0.717) is 22.3 Å². The summed E-state index contributed by atoms with van der Waals surface area (Å²) in [5, 5.41) is 0.632. The van der Waals surface area contributed by atoms with Crippen LogP contribution in [0.15, 0.2) is 42.6 Å². The molecule has 0 fully saturated rings. The lowest BCUT2D eigenvalue weighted by atomic mass is 9.96. The van der Waals surface area contributed by atoms with Gasteiger partial charge in [-0.15, -0.1) is 0 Å². The van der Waals surface area contributed by atoms with Crippen LogP contribution in [-0.2, 0) is 6.42 Å². The molecule has 0 spiro atoms. The highest BCUT2D eigenvalue weighted by Gasteiger charge is 2.25. The highest BCUT2D eigenvalue weighted by Crippen LogP contribution is 2.23. The van der Waals surface area contributed by atoms with Crippen molar-refractivity contribution in [1.29, 1.82) is 0 Å². The van der Waals surface area contributed by atoms with Crippen LogP contribution in [0.3, 0.4) is 0 Å². The number of aryl methyl sites for hydroxylation is 1. The Balaban J connectivity index is 2.12. The molecular weight excluding hydrogens is 336 g/mol. The quantitative estimate of drug-likeness (QED) is 0.731. The summed E-state index contributed by atoms with van der Waals surface area (Å²) in [6.45, 7) is 4.26. The molecule has 1 amide bonds. The van der Waals surface area contributed by atoms with Crippen LogP contribution in [0.5, 0.6) is 5.75 Å². The maximum absolute atomic E-state index is 12.9. The average molecular weight is 361 g/mol. The summed E-state index contributed by atoms with van der Waals surface area (Å²) in [7, 11) is 3.44. The molecule has 0 bridgehead atoms. The van der Waals surface area contributed by atoms with Crippen LogP contribution >= 0.6 is 11.6 Å². The lowest BCUT2D eigenvalue weighted by Crippen LogP contribution is -2.40. The predicted octanol–water partition coefficient (Wildman–Crippen LogP) is 4.47. The van der Waals surface area contributed by atoms with Crippen molar-refractivity contribution in [2.75, 3.05) is 14.2 Å². The number of methoxy groups -OCH3 is 1. The Morgan fingerprint density at radius 3 is 2.56 bits per heavy atom. The largest absolute Gasteiger partial charge is 0.496 e. The van der Waals surface area contributed by atoms with Crippen LogP contribution in [0.4, 0.5) is 0 Å². The lowest BCUT2D eigenvalue weighted by molar-refractivity contribution is 0.0675. The van der Waals surface area contributed by atoms with Gasteiger partial charge in [-0.2, -0.15) is 0 Å². The first kappa shape index (κ1) is 19.3. The van der Waals surface area contributed by atoms with Crippen LogP contribution in [0.1, 0.15) is 36.3 Å². The smallest absolute Gasteiger partial charge is 0.257 e. The van der Waals surface area contributed by atoms with Crippen molar-refractivity contribution < 1.29 is 9.53 Å². The van der Waals surface area contributed by atoms with E-state index in [1.807, 2.05) is 42.3 Å². The fourth-order valence-electron chi connectivity index (χ4n) is 2.99. The van der Waals surface area contributed by atoms with E-state index < -0.39 is 0 Å². The van der Waals surface area contributed by atoms with E-state index in [2.05, 4.69) is 18.8 Å². The highest BCUT2D eigenvalue weighted by molar-refractivity contribution is 6.30. The van der Waals surface area contributed by atoms with Crippen molar-refractivity contribution in [3.05, 3.63) is 58.9 Å². The fourth-order valence-corrected chi connectivity index (χ4v) is 3.10. The molecule has 1 aromatic carbocycles. The second kappa shape index (κ2) is 8.86. The van der Waals surface area contributed by atoms with E-state index in [-0.39, 0.29) is 11.9 Å². The van der Waals surface area contributed by atoms with E-state index in [0.717, 1.165) is 18.5 Å². The zero-order valence-corrected chi connectivity index (χ0v) is 16.0. The number of carbonyl (C=O) groups is 1. The molecule has 25 heavy (non-hydrogen) atoms. The molecule has 0 aliphatic carbocycles. The first-order valence-electron chi connectivity index (χ1n) is 8.44. The minimum atomic E-state index is -0.0276. The molecule has 0 saturated heterocycles. The highest BCUT2D eigenvalue weighted by atomic mass is 35.5. The molecule has 0 radical (unpaired) electrons. The summed E-state index contributed by atoms with van der Waals surface area (Å²) in [5.41, 5.74) is 1.57. The summed E-state index contributed by atoms with van der Waals surface area (Å²) in [4.78, 5) is 19.1.